The van der Waals surface area contributed by atoms with Crippen LogP contribution in [0.2, 0.25) is 0 Å². The van der Waals surface area contributed by atoms with E-state index in [0.717, 1.165) is 12.1 Å². The van der Waals surface area contributed by atoms with Crippen LogP contribution < -0.4 is 9.84 Å². The summed E-state index contributed by atoms with van der Waals surface area (Å²) in [4.78, 5) is 9.95. The minimum absolute atomic E-state index is 0.0618. The van der Waals surface area contributed by atoms with E-state index in [-0.39, 0.29) is 5.69 Å². The molecule has 0 aliphatic rings. The lowest BCUT2D eigenvalue weighted by molar-refractivity contribution is -0.255. The molecule has 0 saturated heterocycles. The fourth-order valence-electron chi connectivity index (χ4n) is 1.79. The van der Waals surface area contributed by atoms with E-state index in [9.17, 15) is 22.7 Å². The number of rotatable bonds is 6. The molecule has 8 heteroatoms. The average Bonchev–Trinajstić information content (AvgIpc) is 2.49. The van der Waals surface area contributed by atoms with E-state index in [4.69, 9.17) is 4.74 Å². The second-order valence-corrected chi connectivity index (χ2v) is 6.00. The molecule has 0 aliphatic carbocycles. The van der Waals surface area contributed by atoms with Gasteiger partial charge in [0.1, 0.15) is 21.6 Å². The third-order valence-corrected chi connectivity index (χ3v) is 4.14. The predicted molar refractivity (Wildman–Crippen MR) is 78.5 cm³/mol. The zero-order valence-corrected chi connectivity index (χ0v) is 12.8. The minimum Gasteiger partial charge on any atom is -0.573 e. The Kier molecular flexibility index (Phi) is 4.85. The van der Waals surface area contributed by atoms with E-state index in [1.165, 1.54) is 24.3 Å². The van der Waals surface area contributed by atoms with Crippen LogP contribution in [0.25, 0.3) is 4.72 Å². The Morgan fingerprint density at radius 2 is 1.87 bits per heavy atom. The van der Waals surface area contributed by atoms with Gasteiger partial charge >= 0.3 is 0 Å². The summed E-state index contributed by atoms with van der Waals surface area (Å²) in [5.74, 6) is -2.17. The van der Waals surface area contributed by atoms with Gasteiger partial charge in [0, 0.05) is 0 Å². The molecule has 0 N–H and O–H groups in total. The number of hydrogen-bond donors (Lipinski definition) is 0. The van der Waals surface area contributed by atoms with Gasteiger partial charge in [0.05, 0.1) is 17.5 Å². The van der Waals surface area contributed by atoms with E-state index in [2.05, 4.69) is 4.72 Å². The molecular weight excluding hydrogens is 325 g/mol. The van der Waals surface area contributed by atoms with E-state index in [0.29, 0.717) is 18.4 Å². The van der Waals surface area contributed by atoms with E-state index >= 15 is 0 Å². The highest BCUT2D eigenvalue weighted by atomic mass is 32.2. The Bertz CT molecular complexity index is 818. The molecule has 6 nitrogen and oxygen atoms in total. The van der Waals surface area contributed by atoms with Gasteiger partial charge in [-0.05, 0) is 36.8 Å². The summed E-state index contributed by atoms with van der Waals surface area (Å²) in [6.07, 6.45) is 0. The number of sulfonamides is 1. The second-order valence-electron chi connectivity index (χ2n) is 4.43. The van der Waals surface area contributed by atoms with Gasteiger partial charge in [-0.3, -0.25) is 0 Å². The minimum atomic E-state index is -4.41. The van der Waals surface area contributed by atoms with Gasteiger partial charge in [-0.25, -0.2) is 12.8 Å². The molecule has 2 rings (SSSR count). The molecule has 0 amide bonds. The van der Waals surface area contributed by atoms with Crippen molar-refractivity contribution in [3.05, 3.63) is 58.6 Å². The van der Waals surface area contributed by atoms with Gasteiger partial charge in [-0.15, -0.1) is 5.69 Å². The van der Waals surface area contributed by atoms with Gasteiger partial charge in [0.25, 0.3) is 0 Å². The molecule has 2 aromatic carbocycles. The lowest BCUT2D eigenvalue weighted by Gasteiger charge is -2.23. The second kappa shape index (κ2) is 6.66. The van der Waals surface area contributed by atoms with Crippen molar-refractivity contribution in [1.29, 1.82) is 0 Å². The van der Waals surface area contributed by atoms with E-state index in [1.54, 1.807) is 6.92 Å². The van der Waals surface area contributed by atoms with Crippen molar-refractivity contribution < 1.29 is 27.4 Å². The third-order valence-electron chi connectivity index (χ3n) is 2.82. The van der Waals surface area contributed by atoms with Crippen molar-refractivity contribution in [3.63, 3.8) is 0 Å². The number of benzene rings is 2. The fourth-order valence-corrected chi connectivity index (χ4v) is 2.87. The number of carbonyl (C=O) groups excluding carboxylic acids is 1. The van der Waals surface area contributed by atoms with Crippen LogP contribution in [0.1, 0.15) is 17.3 Å². The lowest BCUT2D eigenvalue weighted by atomic mass is 10.2. The Morgan fingerprint density at radius 3 is 2.43 bits per heavy atom. The summed E-state index contributed by atoms with van der Waals surface area (Å²) in [5, 5.41) is 10.8. The van der Waals surface area contributed by atoms with Crippen molar-refractivity contribution in [3.8, 4) is 5.75 Å². The topological polar surface area (TPSA) is 97.6 Å². The monoisotopic (exact) mass is 337 g/mol. The molecule has 0 bridgehead atoms. The summed E-state index contributed by atoms with van der Waals surface area (Å²) in [7, 11) is -4.41. The number of carbonyl (C=O) groups is 1. The first kappa shape index (κ1) is 16.8. The molecule has 0 atom stereocenters. The largest absolute Gasteiger partial charge is 0.573 e. The SMILES string of the molecule is CCOc1ccc([N-]S(=O)(=O)c2cc(C(=O)[O-])ccc2F)cc1. The quantitative estimate of drug-likeness (QED) is 0.803. The lowest BCUT2D eigenvalue weighted by Crippen LogP contribution is -2.22. The van der Waals surface area contributed by atoms with Crippen molar-refractivity contribution in [2.24, 2.45) is 0 Å². The molecule has 0 aliphatic heterocycles. The standard InChI is InChI=1S/C15H13FNO5S/c1-2-22-12-6-4-11(5-7-12)17-23(20,21)14-9-10(15(18)19)3-8-13(14)16/h3-9H,2H2,1H3,(H,18,19)/q-1/p-1. The molecule has 0 aromatic heterocycles. The molecule has 2 aromatic rings. The summed E-state index contributed by atoms with van der Waals surface area (Å²) in [6.45, 7) is 2.26. The summed E-state index contributed by atoms with van der Waals surface area (Å²) in [6, 6.07) is 8.16. The molecule has 0 heterocycles. The number of ether oxygens (including phenoxy) is 1. The molecule has 0 unspecified atom stereocenters. The van der Waals surface area contributed by atoms with Crippen molar-refractivity contribution >= 4 is 21.7 Å². The van der Waals surface area contributed by atoms with Gasteiger partial charge in [0.15, 0.2) is 0 Å². The number of aromatic carboxylic acids is 1. The smallest absolute Gasteiger partial charge is 0.140 e. The predicted octanol–water partition coefficient (Wildman–Crippen LogP) is 1.98. The zero-order valence-electron chi connectivity index (χ0n) is 12.0. The molecule has 0 spiro atoms. The maximum atomic E-state index is 13.7. The van der Waals surface area contributed by atoms with Crippen LogP contribution in [0.5, 0.6) is 5.75 Å². The normalized spacial score (nSPS) is 11.0. The van der Waals surface area contributed by atoms with E-state index in [1.807, 2.05) is 0 Å². The first-order valence-electron chi connectivity index (χ1n) is 6.55. The van der Waals surface area contributed by atoms with Crippen LogP contribution in [0, 0.1) is 5.82 Å². The van der Waals surface area contributed by atoms with Crippen LogP contribution in [0.3, 0.4) is 0 Å². The fraction of sp³-hybridized carbons (Fsp3) is 0.133. The first-order valence-corrected chi connectivity index (χ1v) is 7.99. The summed E-state index contributed by atoms with van der Waals surface area (Å²) < 4.78 is 46.7. The molecular formula is C15H12FNO5S-2. The maximum Gasteiger partial charge on any atom is 0.140 e. The number of hydrogen-bond acceptors (Lipinski definition) is 5. The number of carboxylic acids is 1. The number of nitrogens with zero attached hydrogens (tertiary/aromatic N) is 1. The Hall–Kier alpha value is -2.61. The van der Waals surface area contributed by atoms with Gasteiger partial charge in [-0.2, -0.15) is 0 Å². The molecule has 23 heavy (non-hydrogen) atoms. The van der Waals surface area contributed by atoms with Gasteiger partial charge in [-0.1, -0.05) is 18.2 Å². The maximum absolute atomic E-state index is 13.7. The number of halogens is 1. The van der Waals surface area contributed by atoms with E-state index < -0.39 is 32.3 Å². The van der Waals surface area contributed by atoms with Gasteiger partial charge < -0.3 is 19.4 Å². The molecule has 122 valence electrons. The van der Waals surface area contributed by atoms with Crippen LogP contribution in [0.15, 0.2) is 47.4 Å². The Labute approximate surface area is 132 Å². The molecule has 0 fully saturated rings. The van der Waals surface area contributed by atoms with Crippen LogP contribution in [-0.2, 0) is 10.0 Å². The molecule has 0 saturated carbocycles. The third kappa shape index (κ3) is 3.98. The van der Waals surface area contributed by atoms with Crippen LogP contribution in [-0.4, -0.2) is 21.0 Å². The summed E-state index contributed by atoms with van der Waals surface area (Å²) >= 11 is 0. The van der Waals surface area contributed by atoms with Gasteiger partial charge in [0.2, 0.25) is 0 Å². The van der Waals surface area contributed by atoms with Crippen LogP contribution >= 0.6 is 0 Å². The van der Waals surface area contributed by atoms with Crippen molar-refractivity contribution in [2.45, 2.75) is 11.8 Å². The highest BCUT2D eigenvalue weighted by Gasteiger charge is 2.13. The Morgan fingerprint density at radius 1 is 1.22 bits per heavy atom. The average molecular weight is 337 g/mol. The molecule has 0 radical (unpaired) electrons. The van der Waals surface area contributed by atoms with Crippen LogP contribution in [0.4, 0.5) is 10.1 Å². The highest BCUT2D eigenvalue weighted by molar-refractivity contribution is 7.94. The van der Waals surface area contributed by atoms with Crippen molar-refractivity contribution in [2.75, 3.05) is 6.61 Å². The highest BCUT2D eigenvalue weighted by Crippen LogP contribution is 2.30. The van der Waals surface area contributed by atoms with Crippen molar-refractivity contribution in [1.82, 2.24) is 0 Å². The first-order chi connectivity index (χ1) is 10.8. The number of carboxylic acid groups (broad SMARTS) is 1. The Balaban J connectivity index is 2.31. The zero-order chi connectivity index (χ0) is 17.0. The summed E-state index contributed by atoms with van der Waals surface area (Å²) in [5.41, 5.74) is -0.390.